The summed E-state index contributed by atoms with van der Waals surface area (Å²) in [5, 5.41) is 11.5. The fraction of sp³-hybridized carbons (Fsp3) is 0.455. The lowest BCUT2D eigenvalue weighted by molar-refractivity contribution is -0.759. The zero-order valence-corrected chi connectivity index (χ0v) is 17.6. The zero-order valence-electron chi connectivity index (χ0n) is 17.6. The standard InChI is InChI=1S/C22H26N2O7/c1-15(17-3-4-19-12-20(29-2)6-5-18(19)11-17)22(26)30-14-21(25)23-9-7-16(8-10-23)13-31-24(27)28/h3-6,11-12,15-16H,7-10,13-14H2,1-2H3/t15-/m0/s1. The number of carbonyl (C=O) groups is 2. The van der Waals surface area contributed by atoms with Gasteiger partial charge >= 0.3 is 5.97 Å². The second-order valence-corrected chi connectivity index (χ2v) is 7.65. The van der Waals surface area contributed by atoms with E-state index in [2.05, 4.69) is 4.84 Å². The van der Waals surface area contributed by atoms with Crippen molar-refractivity contribution in [3.8, 4) is 5.75 Å². The van der Waals surface area contributed by atoms with Gasteiger partial charge in [0.1, 0.15) is 5.75 Å². The first-order valence-corrected chi connectivity index (χ1v) is 10.2. The molecule has 0 aromatic heterocycles. The Morgan fingerprint density at radius 3 is 2.52 bits per heavy atom. The Kier molecular flexibility index (Phi) is 7.28. The van der Waals surface area contributed by atoms with E-state index in [4.69, 9.17) is 9.47 Å². The van der Waals surface area contributed by atoms with Crippen LogP contribution in [0, 0.1) is 16.0 Å². The van der Waals surface area contributed by atoms with Crippen LogP contribution in [0.15, 0.2) is 36.4 Å². The Balaban J connectivity index is 1.49. The Morgan fingerprint density at radius 1 is 1.16 bits per heavy atom. The van der Waals surface area contributed by atoms with Crippen LogP contribution in [0.4, 0.5) is 0 Å². The average Bonchev–Trinajstić information content (AvgIpc) is 2.80. The van der Waals surface area contributed by atoms with E-state index >= 15 is 0 Å². The van der Waals surface area contributed by atoms with Crippen molar-refractivity contribution >= 4 is 22.6 Å². The van der Waals surface area contributed by atoms with E-state index in [1.54, 1.807) is 18.9 Å². The van der Waals surface area contributed by atoms with Crippen LogP contribution in [0.5, 0.6) is 5.75 Å². The maximum Gasteiger partial charge on any atom is 0.313 e. The first-order valence-electron chi connectivity index (χ1n) is 10.2. The van der Waals surface area contributed by atoms with Crippen molar-refractivity contribution in [3.63, 3.8) is 0 Å². The monoisotopic (exact) mass is 430 g/mol. The molecule has 1 aliphatic rings. The van der Waals surface area contributed by atoms with Gasteiger partial charge in [0, 0.05) is 13.1 Å². The van der Waals surface area contributed by atoms with Gasteiger partial charge in [-0.15, -0.1) is 10.1 Å². The van der Waals surface area contributed by atoms with Gasteiger partial charge in [0.25, 0.3) is 11.0 Å². The third-order valence-electron chi connectivity index (χ3n) is 5.65. The molecule has 1 heterocycles. The van der Waals surface area contributed by atoms with Gasteiger partial charge in [-0.25, -0.2) is 0 Å². The molecular formula is C22H26N2O7. The molecule has 166 valence electrons. The molecule has 1 atom stereocenters. The van der Waals surface area contributed by atoms with Gasteiger partial charge in [0.15, 0.2) is 6.61 Å². The summed E-state index contributed by atoms with van der Waals surface area (Å²) in [5.41, 5.74) is 0.807. The third kappa shape index (κ3) is 5.84. The van der Waals surface area contributed by atoms with Crippen LogP contribution < -0.4 is 4.74 Å². The minimum absolute atomic E-state index is 0.0417. The molecule has 1 amide bonds. The van der Waals surface area contributed by atoms with Crippen LogP contribution >= 0.6 is 0 Å². The molecule has 31 heavy (non-hydrogen) atoms. The summed E-state index contributed by atoms with van der Waals surface area (Å²) in [6, 6.07) is 11.4. The van der Waals surface area contributed by atoms with Gasteiger partial charge in [-0.2, -0.15) is 0 Å². The largest absolute Gasteiger partial charge is 0.497 e. The molecular weight excluding hydrogens is 404 g/mol. The van der Waals surface area contributed by atoms with Crippen LogP contribution in [-0.2, 0) is 19.2 Å². The molecule has 0 bridgehead atoms. The van der Waals surface area contributed by atoms with Crippen molar-refractivity contribution in [2.75, 3.05) is 33.4 Å². The number of rotatable bonds is 8. The summed E-state index contributed by atoms with van der Waals surface area (Å²) in [6.45, 7) is 2.40. The van der Waals surface area contributed by atoms with Gasteiger partial charge in [-0.1, -0.05) is 24.3 Å². The van der Waals surface area contributed by atoms with Gasteiger partial charge in [0.05, 0.1) is 19.6 Å². The van der Waals surface area contributed by atoms with E-state index < -0.39 is 17.0 Å². The predicted molar refractivity (Wildman–Crippen MR) is 112 cm³/mol. The van der Waals surface area contributed by atoms with E-state index in [1.807, 2.05) is 36.4 Å². The van der Waals surface area contributed by atoms with E-state index in [0.717, 1.165) is 22.1 Å². The smallest absolute Gasteiger partial charge is 0.313 e. The molecule has 0 aliphatic carbocycles. The summed E-state index contributed by atoms with van der Waals surface area (Å²) in [5.74, 6) is -0.426. The highest BCUT2D eigenvalue weighted by molar-refractivity contribution is 5.87. The van der Waals surface area contributed by atoms with Crippen molar-refractivity contribution in [2.24, 2.45) is 5.92 Å². The number of esters is 1. The summed E-state index contributed by atoms with van der Waals surface area (Å²) < 4.78 is 10.5. The molecule has 0 unspecified atom stereocenters. The molecule has 1 fully saturated rings. The van der Waals surface area contributed by atoms with Gasteiger partial charge in [-0.05, 0) is 54.2 Å². The molecule has 9 nitrogen and oxygen atoms in total. The highest BCUT2D eigenvalue weighted by Crippen LogP contribution is 2.26. The quantitative estimate of drug-likeness (QED) is 0.360. The highest BCUT2D eigenvalue weighted by Gasteiger charge is 2.25. The third-order valence-corrected chi connectivity index (χ3v) is 5.65. The first kappa shape index (κ1) is 22.3. The molecule has 3 rings (SSSR count). The van der Waals surface area contributed by atoms with Crippen molar-refractivity contribution in [3.05, 3.63) is 52.1 Å². The van der Waals surface area contributed by atoms with Crippen LogP contribution in [0.25, 0.3) is 10.8 Å². The number of amides is 1. The highest BCUT2D eigenvalue weighted by atomic mass is 16.9. The van der Waals surface area contributed by atoms with Crippen molar-refractivity contribution in [1.82, 2.24) is 4.90 Å². The number of hydrogen-bond donors (Lipinski definition) is 0. The fourth-order valence-electron chi connectivity index (χ4n) is 3.64. The molecule has 9 heteroatoms. The number of fused-ring (bicyclic) bond motifs is 1. The van der Waals surface area contributed by atoms with Crippen molar-refractivity contribution in [1.29, 1.82) is 0 Å². The normalized spacial score (nSPS) is 15.4. The topological polar surface area (TPSA) is 108 Å². The average molecular weight is 430 g/mol. The maximum absolute atomic E-state index is 12.5. The molecule has 0 saturated carbocycles. The van der Waals surface area contributed by atoms with Crippen LogP contribution in [-0.4, -0.2) is 55.3 Å². The van der Waals surface area contributed by atoms with Crippen molar-refractivity contribution in [2.45, 2.75) is 25.7 Å². The molecule has 1 aliphatic heterocycles. The Morgan fingerprint density at radius 2 is 1.84 bits per heavy atom. The van der Waals surface area contributed by atoms with E-state index in [1.165, 1.54) is 0 Å². The number of benzene rings is 2. The van der Waals surface area contributed by atoms with Gasteiger partial charge in [0.2, 0.25) is 0 Å². The summed E-state index contributed by atoms with van der Waals surface area (Å²) in [7, 11) is 1.61. The maximum atomic E-state index is 12.5. The van der Waals surface area contributed by atoms with Gasteiger partial charge in [-0.3, -0.25) is 9.59 Å². The van der Waals surface area contributed by atoms with Crippen LogP contribution in [0.3, 0.4) is 0 Å². The fourth-order valence-corrected chi connectivity index (χ4v) is 3.64. The SMILES string of the molecule is COc1ccc2cc([C@H](C)C(=O)OCC(=O)N3CCC(CO[N+](=O)[O-])CC3)ccc2c1. The minimum Gasteiger partial charge on any atom is -0.497 e. The number of piperidine rings is 1. The molecule has 2 aromatic carbocycles. The van der Waals surface area contributed by atoms with Crippen LogP contribution in [0.1, 0.15) is 31.2 Å². The minimum atomic E-state index is -0.801. The Bertz CT molecular complexity index is 954. The lowest BCUT2D eigenvalue weighted by atomic mass is 9.97. The number of carbonyl (C=O) groups excluding carboxylic acids is 2. The second kappa shape index (κ2) is 10.1. The molecule has 0 spiro atoms. The first-order chi connectivity index (χ1) is 14.9. The predicted octanol–water partition coefficient (Wildman–Crippen LogP) is 2.94. The molecule has 0 radical (unpaired) electrons. The lowest BCUT2D eigenvalue weighted by Gasteiger charge is -2.31. The van der Waals surface area contributed by atoms with E-state index in [0.29, 0.717) is 25.9 Å². The number of nitrogens with zero attached hydrogens (tertiary/aromatic N) is 2. The lowest BCUT2D eigenvalue weighted by Crippen LogP contribution is -2.41. The Labute approximate surface area is 180 Å². The van der Waals surface area contributed by atoms with Gasteiger partial charge < -0.3 is 19.2 Å². The molecule has 0 N–H and O–H groups in total. The summed E-state index contributed by atoms with van der Waals surface area (Å²) >= 11 is 0. The summed E-state index contributed by atoms with van der Waals surface area (Å²) in [6.07, 6.45) is 1.23. The summed E-state index contributed by atoms with van der Waals surface area (Å²) in [4.78, 5) is 41.1. The number of methoxy groups -OCH3 is 1. The number of likely N-dealkylation sites (tertiary alicyclic amines) is 1. The van der Waals surface area contributed by atoms with E-state index in [-0.39, 0.29) is 25.0 Å². The molecule has 2 aromatic rings. The Hall–Kier alpha value is -3.36. The van der Waals surface area contributed by atoms with Crippen molar-refractivity contribution < 1.29 is 29.0 Å². The zero-order chi connectivity index (χ0) is 22.4. The number of ether oxygens (including phenoxy) is 2. The second-order valence-electron chi connectivity index (χ2n) is 7.65. The molecule has 1 saturated heterocycles. The number of hydrogen-bond acceptors (Lipinski definition) is 7. The van der Waals surface area contributed by atoms with Crippen LogP contribution in [0.2, 0.25) is 0 Å². The van der Waals surface area contributed by atoms with E-state index in [9.17, 15) is 19.7 Å².